The summed E-state index contributed by atoms with van der Waals surface area (Å²) in [6.07, 6.45) is 3.40. The molecule has 1 unspecified atom stereocenters. The summed E-state index contributed by atoms with van der Waals surface area (Å²) < 4.78 is 6.92. The van der Waals surface area contributed by atoms with Gasteiger partial charge < -0.3 is 9.72 Å². The molecule has 0 spiro atoms. The number of halogens is 1. The van der Waals surface area contributed by atoms with E-state index in [4.69, 9.17) is 9.57 Å². The number of hydrogen-bond acceptors (Lipinski definition) is 4. The number of carbonyl (C=O) groups excluding carboxylic acids is 2. The van der Waals surface area contributed by atoms with Crippen molar-refractivity contribution in [3.63, 3.8) is 0 Å². The molecule has 2 N–H and O–H groups in total. The van der Waals surface area contributed by atoms with Crippen molar-refractivity contribution in [1.82, 2.24) is 10.5 Å². The lowest BCUT2D eigenvalue weighted by atomic mass is 9.97. The van der Waals surface area contributed by atoms with Gasteiger partial charge in [-0.3, -0.25) is 9.63 Å². The van der Waals surface area contributed by atoms with Gasteiger partial charge in [0.2, 0.25) is 5.76 Å². The Morgan fingerprint density at radius 3 is 2.89 bits per heavy atom. The second kappa shape index (κ2) is 8.73. The molecule has 27 heavy (non-hydrogen) atoms. The van der Waals surface area contributed by atoms with E-state index in [9.17, 15) is 9.59 Å². The van der Waals surface area contributed by atoms with Gasteiger partial charge in [0.05, 0.1) is 7.11 Å². The maximum Gasteiger partial charge on any atom is 0.279 e. The summed E-state index contributed by atoms with van der Waals surface area (Å²) in [4.78, 5) is 32.1. The first kappa shape index (κ1) is 19.7. The number of aromatic amines is 1. The average Bonchev–Trinajstić information content (AvgIpc) is 3.22. The van der Waals surface area contributed by atoms with Crippen LogP contribution in [0.25, 0.3) is 16.5 Å². The lowest BCUT2D eigenvalue weighted by Crippen LogP contribution is -2.24. The van der Waals surface area contributed by atoms with E-state index in [1.54, 1.807) is 5.94 Å². The normalized spacial score (nSPS) is 16.6. The Balaban J connectivity index is 2.11. The summed E-state index contributed by atoms with van der Waals surface area (Å²) in [5.41, 5.74) is 4.86. The van der Waals surface area contributed by atoms with Crippen LogP contribution in [0.5, 0.6) is 0 Å². The Labute approximate surface area is 171 Å². The largest absolute Gasteiger partial charge is 0.474 e. The van der Waals surface area contributed by atoms with Crippen LogP contribution < -0.4 is 5.48 Å². The van der Waals surface area contributed by atoms with Gasteiger partial charge >= 0.3 is 0 Å². The molecule has 1 aliphatic rings. The van der Waals surface area contributed by atoms with Crippen LogP contribution in [-0.4, -0.2) is 30.0 Å². The monoisotopic (exact) mass is 480 g/mol. The van der Waals surface area contributed by atoms with Crippen LogP contribution in [-0.2, 0) is 19.2 Å². The van der Waals surface area contributed by atoms with E-state index in [0.29, 0.717) is 12.0 Å². The fourth-order valence-corrected chi connectivity index (χ4v) is 3.84. The quantitative estimate of drug-likeness (QED) is 0.273. The van der Waals surface area contributed by atoms with Crippen molar-refractivity contribution in [2.45, 2.75) is 38.7 Å². The van der Waals surface area contributed by atoms with Crippen LogP contribution in [0, 0.1) is 3.57 Å². The third-order valence-electron chi connectivity index (χ3n) is 4.54. The minimum Gasteiger partial charge on any atom is -0.474 e. The second-order valence-electron chi connectivity index (χ2n) is 6.37. The molecule has 0 saturated carbocycles. The molecule has 2 aromatic rings. The number of aromatic nitrogens is 1. The van der Waals surface area contributed by atoms with Gasteiger partial charge in [-0.15, -0.1) is 0 Å². The van der Waals surface area contributed by atoms with Crippen LogP contribution >= 0.6 is 22.6 Å². The first-order valence-corrected chi connectivity index (χ1v) is 9.95. The standard InChI is InChI=1S/C20H21IN2O4/c1-3-4-5-6-16-18(19(17(11-24)27-16)20(25)23-26-2)15-10-12-9-13(21)7-8-14(12)22-15/h7-10,16,22H,3-6H2,1-2H3,(H,23,25). The molecule has 0 radical (unpaired) electrons. The highest BCUT2D eigenvalue weighted by molar-refractivity contribution is 14.1. The highest BCUT2D eigenvalue weighted by Gasteiger charge is 2.37. The van der Waals surface area contributed by atoms with Crippen LogP contribution in [0.15, 0.2) is 35.6 Å². The highest BCUT2D eigenvalue weighted by atomic mass is 127. The van der Waals surface area contributed by atoms with Crippen LogP contribution in [0.3, 0.4) is 0 Å². The van der Waals surface area contributed by atoms with E-state index in [-0.39, 0.29) is 17.4 Å². The van der Waals surface area contributed by atoms with Crippen molar-refractivity contribution >= 4 is 50.9 Å². The molecule has 1 aromatic carbocycles. The zero-order valence-electron chi connectivity index (χ0n) is 15.2. The number of fused-ring (bicyclic) bond motifs is 1. The number of hydrogen-bond donors (Lipinski definition) is 2. The van der Waals surface area contributed by atoms with Crippen LogP contribution in [0.2, 0.25) is 0 Å². The summed E-state index contributed by atoms with van der Waals surface area (Å²) in [6.45, 7) is 2.12. The molecule has 0 bridgehead atoms. The number of carbonyl (C=O) groups is 1. The summed E-state index contributed by atoms with van der Waals surface area (Å²) >= 11 is 2.26. The number of nitrogens with one attached hydrogen (secondary N) is 2. The molecule has 3 rings (SSSR count). The van der Waals surface area contributed by atoms with Crippen LogP contribution in [0.1, 0.15) is 38.3 Å². The molecule has 1 aliphatic heterocycles. The fourth-order valence-electron chi connectivity index (χ4n) is 3.33. The van der Waals surface area contributed by atoms with Crippen molar-refractivity contribution in [3.8, 4) is 0 Å². The molecular weight excluding hydrogens is 459 g/mol. The first-order valence-electron chi connectivity index (χ1n) is 8.87. The van der Waals surface area contributed by atoms with Gasteiger partial charge in [0.25, 0.3) is 5.91 Å². The molecule has 7 heteroatoms. The maximum atomic E-state index is 12.6. The number of hydroxylamine groups is 1. The fraction of sp³-hybridized carbons (Fsp3) is 0.350. The number of ether oxygens (including phenoxy) is 1. The van der Waals surface area contributed by atoms with Gasteiger partial charge in [-0.25, -0.2) is 10.3 Å². The van der Waals surface area contributed by atoms with Crippen molar-refractivity contribution < 1.29 is 19.2 Å². The Hall–Kier alpha value is -2.09. The molecule has 2 heterocycles. The third-order valence-corrected chi connectivity index (χ3v) is 5.21. The summed E-state index contributed by atoms with van der Waals surface area (Å²) in [5.74, 6) is 1.18. The lowest BCUT2D eigenvalue weighted by molar-refractivity contribution is -0.127. The predicted molar refractivity (Wildman–Crippen MR) is 111 cm³/mol. The van der Waals surface area contributed by atoms with E-state index < -0.39 is 5.91 Å². The third kappa shape index (κ3) is 4.10. The van der Waals surface area contributed by atoms with Crippen molar-refractivity contribution in [2.75, 3.05) is 7.11 Å². The molecule has 1 aromatic heterocycles. The van der Waals surface area contributed by atoms with Gasteiger partial charge in [0, 0.05) is 25.7 Å². The predicted octanol–water partition coefficient (Wildman–Crippen LogP) is 3.90. The van der Waals surface area contributed by atoms with E-state index >= 15 is 0 Å². The zero-order valence-corrected chi connectivity index (χ0v) is 17.4. The number of unbranched alkanes of at least 4 members (excludes halogenated alkanes) is 2. The number of H-pyrrole nitrogens is 1. The van der Waals surface area contributed by atoms with E-state index in [1.165, 1.54) is 7.11 Å². The van der Waals surface area contributed by atoms with Gasteiger partial charge in [-0.05, 0) is 59.7 Å². The Morgan fingerprint density at radius 2 is 2.19 bits per heavy atom. The van der Waals surface area contributed by atoms with E-state index in [1.807, 2.05) is 18.2 Å². The van der Waals surface area contributed by atoms with Crippen molar-refractivity contribution in [3.05, 3.63) is 44.9 Å². The lowest BCUT2D eigenvalue weighted by Gasteiger charge is -2.13. The minimum atomic E-state index is -0.517. The summed E-state index contributed by atoms with van der Waals surface area (Å²) in [5, 5.41) is 1.03. The number of rotatable bonds is 7. The van der Waals surface area contributed by atoms with Gasteiger partial charge in [0.1, 0.15) is 11.7 Å². The summed E-state index contributed by atoms with van der Waals surface area (Å²) in [6, 6.07) is 8.05. The molecule has 142 valence electrons. The van der Waals surface area contributed by atoms with Gasteiger partial charge in [-0.2, -0.15) is 0 Å². The van der Waals surface area contributed by atoms with E-state index in [0.717, 1.165) is 39.4 Å². The first-order chi connectivity index (χ1) is 13.1. The molecule has 0 aliphatic carbocycles. The van der Waals surface area contributed by atoms with Gasteiger partial charge in [0.15, 0.2) is 5.94 Å². The average molecular weight is 480 g/mol. The molecule has 6 nitrogen and oxygen atoms in total. The zero-order chi connectivity index (χ0) is 19.4. The summed E-state index contributed by atoms with van der Waals surface area (Å²) in [7, 11) is 1.35. The van der Waals surface area contributed by atoms with Crippen LogP contribution in [0.4, 0.5) is 0 Å². The highest BCUT2D eigenvalue weighted by Crippen LogP contribution is 2.39. The van der Waals surface area contributed by atoms with Gasteiger partial charge in [-0.1, -0.05) is 19.8 Å². The Kier molecular flexibility index (Phi) is 6.36. The Bertz CT molecular complexity index is 941. The topological polar surface area (TPSA) is 80.4 Å². The molecular formula is C20H21IN2O4. The number of benzene rings is 1. The maximum absolute atomic E-state index is 12.6. The number of amides is 1. The minimum absolute atomic E-state index is 0.0747. The van der Waals surface area contributed by atoms with E-state index in [2.05, 4.69) is 46.0 Å². The van der Waals surface area contributed by atoms with Crippen molar-refractivity contribution in [2.24, 2.45) is 0 Å². The molecule has 0 fully saturated rings. The Morgan fingerprint density at radius 1 is 1.37 bits per heavy atom. The molecule has 0 saturated heterocycles. The second-order valence-corrected chi connectivity index (χ2v) is 7.62. The molecule has 1 atom stereocenters. The smallest absolute Gasteiger partial charge is 0.279 e. The molecule has 1 amide bonds. The van der Waals surface area contributed by atoms with Crippen molar-refractivity contribution in [1.29, 1.82) is 0 Å². The SMILES string of the molecule is CCCCCC1OC(=C=O)C(C(=O)NOC)=C1c1cc2cc(I)ccc2[nH]1.